The molecule has 0 aliphatic heterocycles. The molecule has 0 radical (unpaired) electrons. The normalized spacial score (nSPS) is 9.10. The van der Waals surface area contributed by atoms with E-state index in [0.717, 1.165) is 7.11 Å². The van der Waals surface area contributed by atoms with Crippen molar-refractivity contribution in [3.63, 3.8) is 0 Å². The molecule has 158 valence electrons. The van der Waals surface area contributed by atoms with Crippen LogP contribution in [0.1, 0.15) is 0 Å². The van der Waals surface area contributed by atoms with Crippen LogP contribution in [-0.2, 0) is 4.74 Å². The van der Waals surface area contributed by atoms with Crippen molar-refractivity contribution >= 4 is 40.7 Å². The Bertz CT molecular complexity index is 950. The molecule has 0 amide bonds. The van der Waals surface area contributed by atoms with Crippen molar-refractivity contribution in [2.24, 2.45) is 0 Å². The van der Waals surface area contributed by atoms with Gasteiger partial charge >= 0.3 is 47.1 Å². The number of phenols is 1. The minimum atomic E-state index is -1.12. The Kier molecular flexibility index (Phi) is 13.1. The monoisotopic (exact) mass is 480 g/mol. The van der Waals surface area contributed by atoms with E-state index in [0.29, 0.717) is 24.3 Å². The molecule has 0 heterocycles. The zero-order chi connectivity index (χ0) is 21.6. The van der Waals surface area contributed by atoms with Gasteiger partial charge in [0.25, 0.3) is 0 Å². The number of rotatable bonds is 3. The minimum Gasteiger partial charge on any atom is -0.870 e. The second-order valence-electron chi connectivity index (χ2n) is 4.56. The molecule has 11 nitrogen and oxygen atoms in total. The van der Waals surface area contributed by atoms with Gasteiger partial charge in [-0.1, -0.05) is 23.2 Å². The summed E-state index contributed by atoms with van der Waals surface area (Å²) in [4.78, 5) is 29.3. The number of ether oxygens (including phenoxy) is 2. The van der Waals surface area contributed by atoms with Gasteiger partial charge in [0.15, 0.2) is 5.75 Å². The maximum atomic E-state index is 13.0. The molecule has 0 bridgehead atoms. The molecule has 2 N–H and O–H groups in total. The average Bonchev–Trinajstić information content (AvgIpc) is 2.60. The fourth-order valence-electron chi connectivity index (χ4n) is 1.53. The third-order valence-corrected chi connectivity index (χ3v) is 3.37. The van der Waals surface area contributed by atoms with E-state index in [1.165, 1.54) is 0 Å². The van der Waals surface area contributed by atoms with Crippen LogP contribution in [0.5, 0.6) is 11.5 Å². The third kappa shape index (κ3) is 8.22. The van der Waals surface area contributed by atoms with E-state index < -0.39 is 44.8 Å². The zero-order valence-corrected chi connectivity index (χ0v) is 18.5. The molecule has 0 aromatic heterocycles. The summed E-state index contributed by atoms with van der Waals surface area (Å²) in [5.41, 5.74) is -1.64. The summed E-state index contributed by atoms with van der Waals surface area (Å²) in [6.07, 6.45) is -1.11. The number of hydrogen-bond acceptors (Lipinski definition) is 9. The molecule has 2 rings (SSSR count). The van der Waals surface area contributed by atoms with Crippen LogP contribution in [0, 0.1) is 31.9 Å². The number of aromatic hydroxyl groups is 1. The smallest absolute Gasteiger partial charge is 0.870 e. The number of carbonyl (C=O) groups is 1. The first-order chi connectivity index (χ1) is 13.0. The van der Waals surface area contributed by atoms with Crippen molar-refractivity contribution in [1.82, 2.24) is 0 Å². The van der Waals surface area contributed by atoms with Crippen LogP contribution in [0.25, 0.3) is 0 Å². The van der Waals surface area contributed by atoms with Gasteiger partial charge in [-0.3, -0.25) is 20.2 Å². The Labute approximate surface area is 198 Å². The fraction of sp³-hybridized carbons (Fsp3) is 0.0714. The average molecular weight is 481 g/mol. The number of phenolic OH excluding ortho intramolecular Hbond substituents is 1. The van der Waals surface area contributed by atoms with Gasteiger partial charge in [0, 0.05) is 12.1 Å². The second-order valence-corrected chi connectivity index (χ2v) is 5.37. The fourth-order valence-corrected chi connectivity index (χ4v) is 1.87. The van der Waals surface area contributed by atoms with Crippen molar-refractivity contribution in [3.05, 3.63) is 66.2 Å². The molecular formula is C14H9Cl2F2N2NaO9. The van der Waals surface area contributed by atoms with E-state index in [4.69, 9.17) is 28.3 Å². The van der Waals surface area contributed by atoms with Crippen LogP contribution in [-0.4, -0.2) is 33.7 Å². The first kappa shape index (κ1) is 29.9. The molecule has 0 aliphatic carbocycles. The summed E-state index contributed by atoms with van der Waals surface area (Å²) in [6, 6.07) is 2.74. The van der Waals surface area contributed by atoms with E-state index in [-0.39, 0.29) is 50.8 Å². The van der Waals surface area contributed by atoms with E-state index in [2.05, 4.69) is 9.47 Å². The Hall–Kier alpha value is -2.29. The maximum Gasteiger partial charge on any atom is 1.00 e. The quantitative estimate of drug-likeness (QED) is 0.224. The molecule has 2 aromatic carbocycles. The number of nitrogens with zero attached hydrogens (tertiary/aromatic N) is 2. The first-order valence-electron chi connectivity index (χ1n) is 6.69. The number of methoxy groups -OCH3 is 1. The molecule has 0 fully saturated rings. The van der Waals surface area contributed by atoms with Crippen LogP contribution in [0.2, 0.25) is 10.0 Å². The molecule has 16 heteroatoms. The summed E-state index contributed by atoms with van der Waals surface area (Å²) >= 11 is 10.8. The van der Waals surface area contributed by atoms with Crippen LogP contribution in [0.4, 0.5) is 25.0 Å². The van der Waals surface area contributed by atoms with Gasteiger partial charge in [-0.05, 0) is 0 Å². The number of nitro groups is 2. The van der Waals surface area contributed by atoms with Crippen LogP contribution in [0.3, 0.4) is 0 Å². The standard InChI is InChI=1S/C8H5ClFNO5.C6H3ClFNO3.Na.H2O/c1-15-8(12)16-7-3-6(11(13)14)5(10)2-4(7)9;7-3-1-4(8)5(9(11)12)2-6(3)10;;/h2-3H,1H3;1-2,10H;;1H2/q;;+1;/p-1. The number of carbonyl (C=O) groups excluding carboxylic acids is 1. The molecule has 0 aliphatic rings. The van der Waals surface area contributed by atoms with E-state index in [1.807, 2.05) is 0 Å². The van der Waals surface area contributed by atoms with Gasteiger partial charge in [0.05, 0.1) is 39.1 Å². The van der Waals surface area contributed by atoms with Crippen LogP contribution in [0.15, 0.2) is 24.3 Å². The Morgan fingerprint density at radius 3 is 1.87 bits per heavy atom. The maximum absolute atomic E-state index is 13.0. The van der Waals surface area contributed by atoms with E-state index >= 15 is 0 Å². The minimum absolute atomic E-state index is 0. The van der Waals surface area contributed by atoms with Gasteiger partial charge in [-0.15, -0.1) is 0 Å². The van der Waals surface area contributed by atoms with Gasteiger partial charge in [-0.2, -0.15) is 8.78 Å². The predicted octanol–water partition coefficient (Wildman–Crippen LogP) is 1.45. The first-order valence-corrected chi connectivity index (χ1v) is 7.45. The number of hydrogen-bond donors (Lipinski definition) is 1. The predicted molar refractivity (Wildman–Crippen MR) is 92.8 cm³/mol. The van der Waals surface area contributed by atoms with E-state index in [9.17, 15) is 33.8 Å². The molecule has 30 heavy (non-hydrogen) atoms. The molecule has 0 atom stereocenters. The summed E-state index contributed by atoms with van der Waals surface area (Å²) in [5, 5.41) is 28.8. The summed E-state index contributed by atoms with van der Waals surface area (Å²) < 4.78 is 34.3. The molecule has 0 spiro atoms. The number of halogens is 4. The largest absolute Gasteiger partial charge is 1.00 e. The van der Waals surface area contributed by atoms with Crippen LogP contribution < -0.4 is 34.3 Å². The van der Waals surface area contributed by atoms with E-state index in [1.54, 1.807) is 0 Å². The Morgan fingerprint density at radius 2 is 1.43 bits per heavy atom. The van der Waals surface area contributed by atoms with Gasteiger partial charge in [-0.25, -0.2) is 4.79 Å². The molecule has 0 saturated heterocycles. The summed E-state index contributed by atoms with van der Waals surface area (Å²) in [6.45, 7) is 0. The molecule has 2 aromatic rings. The van der Waals surface area contributed by atoms with Crippen molar-refractivity contribution in [2.75, 3.05) is 7.11 Å². The summed E-state index contributed by atoms with van der Waals surface area (Å²) in [7, 11) is 1.05. The second kappa shape index (κ2) is 13.1. The van der Waals surface area contributed by atoms with Crippen molar-refractivity contribution in [3.8, 4) is 11.5 Å². The topological polar surface area (TPSA) is 172 Å². The number of benzene rings is 2. The Morgan fingerprint density at radius 1 is 1.00 bits per heavy atom. The zero-order valence-electron chi connectivity index (χ0n) is 15.0. The SMILES string of the molecule is COC(=O)Oc1cc([N+](=O)[O-])c(F)cc1Cl.O=[N+]([O-])c1cc(O)c(Cl)cc1F.[Na+].[OH-]. The van der Waals surface area contributed by atoms with Crippen molar-refractivity contribution in [2.45, 2.75) is 0 Å². The number of nitro benzene ring substituents is 2. The Balaban J connectivity index is 0. The molecule has 0 saturated carbocycles. The molecule has 0 unspecified atom stereocenters. The summed E-state index contributed by atoms with van der Waals surface area (Å²) in [5.74, 6) is -3.04. The van der Waals surface area contributed by atoms with Crippen molar-refractivity contribution in [1.29, 1.82) is 0 Å². The van der Waals surface area contributed by atoms with Crippen LogP contribution >= 0.6 is 23.2 Å². The molecular weight excluding hydrogens is 472 g/mol. The van der Waals surface area contributed by atoms with Gasteiger partial charge < -0.3 is 20.1 Å². The third-order valence-electron chi connectivity index (χ3n) is 2.77. The van der Waals surface area contributed by atoms with Gasteiger partial charge in [0.1, 0.15) is 5.75 Å². The van der Waals surface area contributed by atoms with Crippen molar-refractivity contribution < 1.29 is 73.0 Å². The van der Waals surface area contributed by atoms with Gasteiger partial charge in [0.2, 0.25) is 11.6 Å².